The molecule has 1 aromatic rings. The van der Waals surface area contributed by atoms with Crippen molar-refractivity contribution in [3.05, 3.63) is 35.1 Å². The van der Waals surface area contributed by atoms with Gasteiger partial charge in [0.15, 0.2) is 0 Å². The zero-order valence-electron chi connectivity index (χ0n) is 6.47. The molecule has 0 amide bonds. The molecule has 2 heteroatoms. The first-order valence-electron chi connectivity index (χ1n) is 3.60. The standard InChI is InChI=1S/C9H11FO/c1-7-3-2-4-9(10)8(7)5-6-11/h2-4,11H,5-6H2,1H3. The Labute approximate surface area is 65.5 Å². The third-order valence-corrected chi connectivity index (χ3v) is 1.71. The topological polar surface area (TPSA) is 20.2 Å². The summed E-state index contributed by atoms with van der Waals surface area (Å²) in [7, 11) is 0. The number of rotatable bonds is 2. The summed E-state index contributed by atoms with van der Waals surface area (Å²) in [5.41, 5.74) is 1.52. The Kier molecular flexibility index (Phi) is 2.60. The fourth-order valence-corrected chi connectivity index (χ4v) is 1.09. The number of aliphatic hydroxyl groups excluding tert-OH is 1. The molecule has 0 unspecified atom stereocenters. The van der Waals surface area contributed by atoms with Crippen LogP contribution in [0.25, 0.3) is 0 Å². The Morgan fingerprint density at radius 2 is 2.18 bits per heavy atom. The first kappa shape index (κ1) is 8.21. The Morgan fingerprint density at radius 3 is 2.73 bits per heavy atom. The van der Waals surface area contributed by atoms with Crippen LogP contribution in [0, 0.1) is 12.7 Å². The van der Waals surface area contributed by atoms with Crippen LogP contribution in [0.3, 0.4) is 0 Å². The number of halogens is 1. The third-order valence-electron chi connectivity index (χ3n) is 1.71. The van der Waals surface area contributed by atoms with Crippen LogP contribution in [0.2, 0.25) is 0 Å². The monoisotopic (exact) mass is 154 g/mol. The van der Waals surface area contributed by atoms with Crippen molar-refractivity contribution in [1.29, 1.82) is 0 Å². The van der Waals surface area contributed by atoms with E-state index in [1.54, 1.807) is 6.07 Å². The average molecular weight is 154 g/mol. The van der Waals surface area contributed by atoms with Crippen molar-refractivity contribution < 1.29 is 9.50 Å². The van der Waals surface area contributed by atoms with Crippen LogP contribution in [0.1, 0.15) is 11.1 Å². The molecule has 0 heterocycles. The highest BCUT2D eigenvalue weighted by atomic mass is 19.1. The lowest BCUT2D eigenvalue weighted by molar-refractivity contribution is 0.297. The van der Waals surface area contributed by atoms with Crippen LogP contribution in [0.4, 0.5) is 4.39 Å². The molecule has 0 aliphatic heterocycles. The van der Waals surface area contributed by atoms with Crippen LogP contribution >= 0.6 is 0 Å². The molecule has 0 bridgehead atoms. The van der Waals surface area contributed by atoms with E-state index in [9.17, 15) is 4.39 Å². The Bertz CT molecular complexity index is 225. The van der Waals surface area contributed by atoms with Gasteiger partial charge in [0.1, 0.15) is 5.82 Å². The molecule has 1 nitrogen and oxygen atoms in total. The molecule has 0 atom stereocenters. The number of hydrogen-bond donors (Lipinski definition) is 1. The Morgan fingerprint density at radius 1 is 1.45 bits per heavy atom. The van der Waals surface area contributed by atoms with Gasteiger partial charge < -0.3 is 5.11 Å². The van der Waals surface area contributed by atoms with Gasteiger partial charge in [-0.3, -0.25) is 0 Å². The molecule has 1 N–H and O–H groups in total. The van der Waals surface area contributed by atoms with E-state index in [4.69, 9.17) is 5.11 Å². The molecule has 60 valence electrons. The molecule has 0 aromatic heterocycles. The zero-order chi connectivity index (χ0) is 8.27. The lowest BCUT2D eigenvalue weighted by atomic mass is 10.1. The highest BCUT2D eigenvalue weighted by Gasteiger charge is 2.02. The van der Waals surface area contributed by atoms with Crippen LogP contribution in [-0.2, 0) is 6.42 Å². The van der Waals surface area contributed by atoms with Crippen LogP contribution < -0.4 is 0 Å². The van der Waals surface area contributed by atoms with E-state index in [1.807, 2.05) is 13.0 Å². The summed E-state index contributed by atoms with van der Waals surface area (Å²) >= 11 is 0. The summed E-state index contributed by atoms with van der Waals surface area (Å²) in [6.07, 6.45) is 0.401. The second kappa shape index (κ2) is 3.49. The molecule has 0 radical (unpaired) electrons. The molecule has 0 fully saturated rings. The Balaban J connectivity index is 3.00. The van der Waals surface area contributed by atoms with Crippen molar-refractivity contribution in [2.45, 2.75) is 13.3 Å². The molecular weight excluding hydrogens is 143 g/mol. The van der Waals surface area contributed by atoms with E-state index in [-0.39, 0.29) is 12.4 Å². The van der Waals surface area contributed by atoms with Crippen molar-refractivity contribution in [3.8, 4) is 0 Å². The Hall–Kier alpha value is -0.890. The van der Waals surface area contributed by atoms with Crippen molar-refractivity contribution >= 4 is 0 Å². The minimum atomic E-state index is -0.223. The van der Waals surface area contributed by atoms with Gasteiger partial charge in [-0.25, -0.2) is 4.39 Å². The van der Waals surface area contributed by atoms with Gasteiger partial charge in [0, 0.05) is 6.61 Å². The maximum absolute atomic E-state index is 12.9. The number of aryl methyl sites for hydroxylation is 1. The van der Waals surface area contributed by atoms with Gasteiger partial charge in [-0.1, -0.05) is 12.1 Å². The van der Waals surface area contributed by atoms with Gasteiger partial charge in [0.25, 0.3) is 0 Å². The second-order valence-electron chi connectivity index (χ2n) is 2.51. The maximum Gasteiger partial charge on any atom is 0.126 e. The van der Waals surface area contributed by atoms with Crippen LogP contribution in [0.5, 0.6) is 0 Å². The molecule has 0 aliphatic rings. The maximum atomic E-state index is 12.9. The first-order chi connectivity index (χ1) is 5.25. The summed E-state index contributed by atoms with van der Waals surface area (Å²) in [4.78, 5) is 0. The van der Waals surface area contributed by atoms with Gasteiger partial charge in [-0.05, 0) is 30.5 Å². The van der Waals surface area contributed by atoms with Crippen molar-refractivity contribution in [2.24, 2.45) is 0 Å². The number of benzene rings is 1. The molecule has 0 spiro atoms. The average Bonchev–Trinajstić information content (AvgIpc) is 1.97. The van der Waals surface area contributed by atoms with Gasteiger partial charge in [-0.15, -0.1) is 0 Å². The fraction of sp³-hybridized carbons (Fsp3) is 0.333. The van der Waals surface area contributed by atoms with Gasteiger partial charge in [0.05, 0.1) is 0 Å². The SMILES string of the molecule is Cc1cccc(F)c1CCO. The van der Waals surface area contributed by atoms with E-state index < -0.39 is 0 Å². The summed E-state index contributed by atoms with van der Waals surface area (Å²) in [5, 5.41) is 8.60. The van der Waals surface area contributed by atoms with E-state index in [0.717, 1.165) is 5.56 Å². The molecule has 0 saturated carbocycles. The molecule has 11 heavy (non-hydrogen) atoms. The minimum Gasteiger partial charge on any atom is -0.396 e. The van der Waals surface area contributed by atoms with Gasteiger partial charge in [0.2, 0.25) is 0 Å². The summed E-state index contributed by atoms with van der Waals surface area (Å²) in [6.45, 7) is 1.84. The van der Waals surface area contributed by atoms with E-state index in [2.05, 4.69) is 0 Å². The molecule has 1 aromatic carbocycles. The van der Waals surface area contributed by atoms with E-state index >= 15 is 0 Å². The number of hydrogen-bond acceptors (Lipinski definition) is 1. The van der Waals surface area contributed by atoms with Gasteiger partial charge in [-0.2, -0.15) is 0 Å². The van der Waals surface area contributed by atoms with Crippen molar-refractivity contribution in [3.63, 3.8) is 0 Å². The largest absolute Gasteiger partial charge is 0.396 e. The fourth-order valence-electron chi connectivity index (χ4n) is 1.09. The second-order valence-corrected chi connectivity index (χ2v) is 2.51. The molecule has 1 rings (SSSR count). The quantitative estimate of drug-likeness (QED) is 0.687. The first-order valence-corrected chi connectivity index (χ1v) is 3.60. The molecular formula is C9H11FO. The zero-order valence-corrected chi connectivity index (χ0v) is 6.47. The van der Waals surface area contributed by atoms with Crippen molar-refractivity contribution in [2.75, 3.05) is 6.61 Å². The highest BCUT2D eigenvalue weighted by molar-refractivity contribution is 5.27. The molecule has 0 saturated heterocycles. The number of aliphatic hydroxyl groups is 1. The predicted octanol–water partition coefficient (Wildman–Crippen LogP) is 1.67. The van der Waals surface area contributed by atoms with E-state index in [1.165, 1.54) is 6.07 Å². The predicted molar refractivity (Wildman–Crippen MR) is 41.9 cm³/mol. The normalized spacial score (nSPS) is 10.1. The summed E-state index contributed by atoms with van der Waals surface area (Å²) in [5.74, 6) is -0.223. The third kappa shape index (κ3) is 1.77. The smallest absolute Gasteiger partial charge is 0.126 e. The lowest BCUT2D eigenvalue weighted by Crippen LogP contribution is -1.97. The van der Waals surface area contributed by atoms with Gasteiger partial charge >= 0.3 is 0 Å². The molecule has 0 aliphatic carbocycles. The minimum absolute atomic E-state index is 0.00176. The van der Waals surface area contributed by atoms with Crippen LogP contribution in [-0.4, -0.2) is 11.7 Å². The van der Waals surface area contributed by atoms with Crippen LogP contribution in [0.15, 0.2) is 18.2 Å². The summed E-state index contributed by atoms with van der Waals surface area (Å²) < 4.78 is 12.9. The van der Waals surface area contributed by atoms with E-state index in [0.29, 0.717) is 12.0 Å². The van der Waals surface area contributed by atoms with Crippen molar-refractivity contribution in [1.82, 2.24) is 0 Å². The highest BCUT2D eigenvalue weighted by Crippen LogP contribution is 2.12. The lowest BCUT2D eigenvalue weighted by Gasteiger charge is -2.03. The summed E-state index contributed by atoms with van der Waals surface area (Å²) in [6, 6.07) is 4.93.